The molecule has 0 amide bonds. The van der Waals surface area contributed by atoms with Gasteiger partial charge < -0.3 is 5.32 Å². The average molecular weight is 173 g/mol. The van der Waals surface area contributed by atoms with Gasteiger partial charge in [-0.15, -0.1) is 0 Å². The Morgan fingerprint density at radius 3 is 3.18 bits per heavy atom. The van der Waals surface area contributed by atoms with E-state index in [1.165, 1.54) is 0 Å². The van der Waals surface area contributed by atoms with Crippen molar-refractivity contribution in [3.63, 3.8) is 0 Å². The minimum atomic E-state index is 0.0544. The molecule has 0 aromatic rings. The fourth-order valence-corrected chi connectivity index (χ4v) is 1.88. The predicted molar refractivity (Wildman–Crippen MR) is 44.7 cm³/mol. The normalized spacial score (nSPS) is 43.4. The van der Waals surface area contributed by atoms with Gasteiger partial charge in [0, 0.05) is 6.04 Å². The Kier molecular flexibility index (Phi) is 1.80. The molecular weight excluding hydrogens is 162 g/mol. The third-order valence-electron chi connectivity index (χ3n) is 2.11. The standard InChI is InChI=1S/C6H11N3OS/c1-3-4-5(10-9-3)7-2-8-6(4)11/h3-5,7,9H,2H2,1H3,(H,8,11). The van der Waals surface area contributed by atoms with Crippen LogP contribution >= 0.6 is 12.2 Å². The maximum Gasteiger partial charge on any atom is 0.141 e. The van der Waals surface area contributed by atoms with Crippen LogP contribution in [0.4, 0.5) is 0 Å². The predicted octanol–water partition coefficient (Wildman–Crippen LogP) is -0.670. The second kappa shape index (κ2) is 2.67. The van der Waals surface area contributed by atoms with Gasteiger partial charge in [-0.05, 0) is 6.92 Å². The highest BCUT2D eigenvalue weighted by Gasteiger charge is 2.39. The molecule has 3 unspecified atom stereocenters. The molecule has 0 aromatic heterocycles. The summed E-state index contributed by atoms with van der Waals surface area (Å²) in [6.45, 7) is 2.76. The Morgan fingerprint density at radius 1 is 1.64 bits per heavy atom. The summed E-state index contributed by atoms with van der Waals surface area (Å²) in [7, 11) is 0. The van der Waals surface area contributed by atoms with Gasteiger partial charge in [0.25, 0.3) is 0 Å². The minimum Gasteiger partial charge on any atom is -0.367 e. The van der Waals surface area contributed by atoms with E-state index in [-0.39, 0.29) is 12.1 Å². The van der Waals surface area contributed by atoms with Gasteiger partial charge in [-0.25, -0.2) is 0 Å². The summed E-state index contributed by atoms with van der Waals surface area (Å²) in [5.74, 6) is 0.277. The Balaban J connectivity index is 2.14. The molecule has 3 atom stereocenters. The van der Waals surface area contributed by atoms with Crippen LogP contribution in [-0.2, 0) is 4.84 Å². The Hall–Kier alpha value is -0.230. The molecule has 2 heterocycles. The minimum absolute atomic E-state index is 0.0544. The van der Waals surface area contributed by atoms with E-state index in [4.69, 9.17) is 17.1 Å². The molecule has 4 nitrogen and oxygen atoms in total. The summed E-state index contributed by atoms with van der Waals surface area (Å²) in [6.07, 6.45) is 0.0544. The highest BCUT2D eigenvalue weighted by molar-refractivity contribution is 7.80. The third-order valence-corrected chi connectivity index (χ3v) is 2.53. The van der Waals surface area contributed by atoms with E-state index in [9.17, 15) is 0 Å². The van der Waals surface area contributed by atoms with Crippen molar-refractivity contribution in [2.45, 2.75) is 19.2 Å². The van der Waals surface area contributed by atoms with Crippen LogP contribution in [-0.4, -0.2) is 23.9 Å². The summed E-state index contributed by atoms with van der Waals surface area (Å²) >= 11 is 5.15. The van der Waals surface area contributed by atoms with Crippen molar-refractivity contribution in [2.75, 3.05) is 6.67 Å². The lowest BCUT2D eigenvalue weighted by molar-refractivity contribution is 0.00177. The van der Waals surface area contributed by atoms with Crippen molar-refractivity contribution < 1.29 is 4.84 Å². The average Bonchev–Trinajstić information content (AvgIpc) is 2.34. The highest BCUT2D eigenvalue weighted by atomic mass is 32.1. The molecule has 2 aliphatic heterocycles. The summed E-state index contributed by atoms with van der Waals surface area (Å²) in [4.78, 5) is 6.15. The van der Waals surface area contributed by atoms with Crippen molar-refractivity contribution in [1.29, 1.82) is 0 Å². The lowest BCUT2D eigenvalue weighted by atomic mass is 10.00. The maximum atomic E-state index is 5.25. The van der Waals surface area contributed by atoms with Crippen LogP contribution in [0.3, 0.4) is 0 Å². The second-order valence-corrected chi connectivity index (χ2v) is 3.33. The van der Waals surface area contributed by atoms with Crippen LogP contribution in [0.25, 0.3) is 0 Å². The first-order valence-electron chi connectivity index (χ1n) is 3.71. The van der Waals surface area contributed by atoms with E-state index in [0.717, 1.165) is 4.99 Å². The van der Waals surface area contributed by atoms with E-state index in [1.54, 1.807) is 0 Å². The van der Waals surface area contributed by atoms with Crippen LogP contribution in [0.15, 0.2) is 0 Å². The van der Waals surface area contributed by atoms with Crippen molar-refractivity contribution in [1.82, 2.24) is 16.1 Å². The fourth-order valence-electron chi connectivity index (χ4n) is 1.48. The molecule has 5 heteroatoms. The third kappa shape index (κ3) is 1.14. The molecular formula is C6H11N3OS. The van der Waals surface area contributed by atoms with Crippen LogP contribution in [0.2, 0.25) is 0 Å². The number of rotatable bonds is 0. The van der Waals surface area contributed by atoms with Crippen molar-refractivity contribution in [3.05, 3.63) is 0 Å². The first kappa shape index (κ1) is 7.42. The number of hydroxylamine groups is 1. The molecule has 2 rings (SSSR count). The van der Waals surface area contributed by atoms with Gasteiger partial charge in [-0.3, -0.25) is 10.2 Å². The zero-order valence-electron chi connectivity index (χ0n) is 6.26. The molecule has 3 N–H and O–H groups in total. The van der Waals surface area contributed by atoms with Crippen LogP contribution in [0.1, 0.15) is 6.92 Å². The first-order valence-corrected chi connectivity index (χ1v) is 4.12. The van der Waals surface area contributed by atoms with Crippen LogP contribution in [0, 0.1) is 5.92 Å². The molecule has 2 saturated heterocycles. The number of hydrogen-bond donors (Lipinski definition) is 3. The Labute approximate surface area is 70.6 Å². The van der Waals surface area contributed by atoms with Crippen LogP contribution < -0.4 is 16.1 Å². The van der Waals surface area contributed by atoms with Gasteiger partial charge in [0.05, 0.1) is 17.6 Å². The molecule has 0 aliphatic carbocycles. The van der Waals surface area contributed by atoms with Gasteiger partial charge in [-0.2, -0.15) is 5.48 Å². The molecule has 2 aliphatic rings. The SMILES string of the molecule is CC1NOC2NCNC(=S)C12. The lowest BCUT2D eigenvalue weighted by Gasteiger charge is -2.27. The molecule has 0 radical (unpaired) electrons. The van der Waals surface area contributed by atoms with E-state index in [0.29, 0.717) is 12.7 Å². The monoisotopic (exact) mass is 173 g/mol. The van der Waals surface area contributed by atoms with Gasteiger partial charge in [0.1, 0.15) is 6.23 Å². The lowest BCUT2D eigenvalue weighted by Crippen LogP contribution is -2.54. The highest BCUT2D eigenvalue weighted by Crippen LogP contribution is 2.19. The zero-order chi connectivity index (χ0) is 7.84. The summed E-state index contributed by atoms with van der Waals surface area (Å²) in [5, 5.41) is 6.24. The summed E-state index contributed by atoms with van der Waals surface area (Å²) in [5.41, 5.74) is 2.90. The van der Waals surface area contributed by atoms with E-state index >= 15 is 0 Å². The molecule has 0 spiro atoms. The van der Waals surface area contributed by atoms with Crippen molar-refractivity contribution in [2.24, 2.45) is 5.92 Å². The molecule has 0 bridgehead atoms. The van der Waals surface area contributed by atoms with Crippen LogP contribution in [0.5, 0.6) is 0 Å². The second-order valence-electron chi connectivity index (χ2n) is 2.89. The van der Waals surface area contributed by atoms with Gasteiger partial charge >= 0.3 is 0 Å². The van der Waals surface area contributed by atoms with E-state index < -0.39 is 0 Å². The van der Waals surface area contributed by atoms with E-state index in [1.807, 2.05) is 0 Å². The fraction of sp³-hybridized carbons (Fsp3) is 0.833. The number of fused-ring (bicyclic) bond motifs is 1. The van der Waals surface area contributed by atoms with Gasteiger partial charge in [0.15, 0.2) is 0 Å². The summed E-state index contributed by atoms with van der Waals surface area (Å²) < 4.78 is 0. The Morgan fingerprint density at radius 2 is 2.45 bits per heavy atom. The molecule has 0 aromatic carbocycles. The molecule has 62 valence electrons. The topological polar surface area (TPSA) is 45.3 Å². The first-order chi connectivity index (χ1) is 5.29. The van der Waals surface area contributed by atoms with Crippen molar-refractivity contribution >= 4 is 17.2 Å². The van der Waals surface area contributed by atoms with Gasteiger partial charge in [0.2, 0.25) is 0 Å². The molecule has 0 saturated carbocycles. The van der Waals surface area contributed by atoms with E-state index in [2.05, 4.69) is 23.0 Å². The van der Waals surface area contributed by atoms with Gasteiger partial charge in [-0.1, -0.05) is 12.2 Å². The van der Waals surface area contributed by atoms with Crippen molar-refractivity contribution in [3.8, 4) is 0 Å². The molecule has 11 heavy (non-hydrogen) atoms. The maximum absolute atomic E-state index is 5.25. The Bertz CT molecular complexity index is 185. The summed E-state index contributed by atoms with van der Waals surface area (Å²) in [6, 6.07) is 0.299. The number of hydrogen-bond acceptors (Lipinski definition) is 4. The quantitative estimate of drug-likeness (QED) is 0.424. The smallest absolute Gasteiger partial charge is 0.141 e. The number of thiocarbonyl (C=S) groups is 1. The molecule has 2 fully saturated rings. The zero-order valence-corrected chi connectivity index (χ0v) is 7.07. The largest absolute Gasteiger partial charge is 0.367 e. The number of nitrogens with one attached hydrogen (secondary N) is 3.